The van der Waals surface area contributed by atoms with Crippen LogP contribution in [-0.4, -0.2) is 18.2 Å². The molecule has 0 saturated heterocycles. The molecule has 0 spiro atoms. The van der Waals surface area contributed by atoms with Crippen LogP contribution in [-0.2, 0) is 4.79 Å². The number of rotatable bonds is 4. The molecule has 1 aromatic heterocycles. The number of benzene rings is 1. The standard InChI is InChI=1S/C14H16N2O3/c1-9(2)13(17)16-14-12(8-15-19-14)10-4-6-11(18-3)7-5-10/h4-9H,1-3H3,(H,16,17). The summed E-state index contributed by atoms with van der Waals surface area (Å²) in [6.07, 6.45) is 1.58. The molecule has 5 heteroatoms. The molecular weight excluding hydrogens is 244 g/mol. The van der Waals surface area contributed by atoms with Gasteiger partial charge >= 0.3 is 0 Å². The Morgan fingerprint density at radius 2 is 2.00 bits per heavy atom. The van der Waals surface area contributed by atoms with Crippen LogP contribution in [0.3, 0.4) is 0 Å². The van der Waals surface area contributed by atoms with Gasteiger partial charge in [0, 0.05) is 5.92 Å². The fourth-order valence-electron chi connectivity index (χ4n) is 1.56. The molecule has 1 N–H and O–H groups in total. The maximum Gasteiger partial charge on any atom is 0.239 e. The molecule has 0 atom stereocenters. The van der Waals surface area contributed by atoms with Gasteiger partial charge in [-0.05, 0) is 17.7 Å². The molecule has 2 aromatic rings. The van der Waals surface area contributed by atoms with E-state index in [9.17, 15) is 4.79 Å². The van der Waals surface area contributed by atoms with E-state index >= 15 is 0 Å². The van der Waals surface area contributed by atoms with Gasteiger partial charge < -0.3 is 9.26 Å². The number of nitrogens with zero attached hydrogens (tertiary/aromatic N) is 1. The lowest BCUT2D eigenvalue weighted by molar-refractivity contribution is -0.119. The topological polar surface area (TPSA) is 64.4 Å². The quantitative estimate of drug-likeness (QED) is 0.917. The first-order valence-corrected chi connectivity index (χ1v) is 6.01. The smallest absolute Gasteiger partial charge is 0.239 e. The van der Waals surface area contributed by atoms with Gasteiger partial charge in [-0.1, -0.05) is 31.1 Å². The van der Waals surface area contributed by atoms with Gasteiger partial charge in [-0.15, -0.1) is 0 Å². The van der Waals surface area contributed by atoms with Gasteiger partial charge in [0.05, 0.1) is 18.9 Å². The number of hydrogen-bond donors (Lipinski definition) is 1. The lowest BCUT2D eigenvalue weighted by atomic mass is 10.1. The van der Waals surface area contributed by atoms with Gasteiger partial charge in [0.25, 0.3) is 0 Å². The first-order chi connectivity index (χ1) is 9.11. The third-order valence-corrected chi connectivity index (χ3v) is 2.73. The predicted molar refractivity (Wildman–Crippen MR) is 72.0 cm³/mol. The number of carbonyl (C=O) groups is 1. The average molecular weight is 260 g/mol. The highest BCUT2D eigenvalue weighted by atomic mass is 16.5. The molecule has 1 amide bonds. The lowest BCUT2D eigenvalue weighted by Gasteiger charge is -2.06. The highest BCUT2D eigenvalue weighted by Gasteiger charge is 2.15. The van der Waals surface area contributed by atoms with Crippen molar-refractivity contribution in [2.75, 3.05) is 12.4 Å². The summed E-state index contributed by atoms with van der Waals surface area (Å²) in [5, 5.41) is 6.45. The van der Waals surface area contributed by atoms with Gasteiger partial charge in [0.15, 0.2) is 0 Å². The molecule has 0 aliphatic carbocycles. The van der Waals surface area contributed by atoms with Gasteiger partial charge in [0.2, 0.25) is 11.8 Å². The maximum atomic E-state index is 11.7. The molecule has 0 aliphatic heterocycles. The maximum absolute atomic E-state index is 11.7. The van der Waals surface area contributed by atoms with Crippen LogP contribution in [0.2, 0.25) is 0 Å². The molecule has 1 aromatic carbocycles. The number of methoxy groups -OCH3 is 1. The molecule has 5 nitrogen and oxygen atoms in total. The van der Waals surface area contributed by atoms with Crippen molar-refractivity contribution in [3.63, 3.8) is 0 Å². The van der Waals surface area contributed by atoms with Crippen molar-refractivity contribution in [3.8, 4) is 16.9 Å². The van der Waals surface area contributed by atoms with E-state index in [1.165, 1.54) is 0 Å². The summed E-state index contributed by atoms with van der Waals surface area (Å²) in [5.41, 5.74) is 1.65. The lowest BCUT2D eigenvalue weighted by Crippen LogP contribution is -2.17. The Balaban J connectivity index is 2.25. The van der Waals surface area contributed by atoms with Crippen LogP contribution < -0.4 is 10.1 Å². The molecule has 0 aliphatic rings. The number of nitrogens with one attached hydrogen (secondary N) is 1. The Morgan fingerprint density at radius 3 is 2.58 bits per heavy atom. The van der Waals surface area contributed by atoms with Crippen molar-refractivity contribution in [2.24, 2.45) is 5.92 Å². The normalized spacial score (nSPS) is 10.5. The third-order valence-electron chi connectivity index (χ3n) is 2.73. The Morgan fingerprint density at radius 1 is 1.32 bits per heavy atom. The summed E-state index contributed by atoms with van der Waals surface area (Å²) < 4.78 is 10.2. The molecule has 1 heterocycles. The minimum absolute atomic E-state index is 0.105. The molecular formula is C14H16N2O3. The van der Waals surface area contributed by atoms with E-state index in [1.54, 1.807) is 13.3 Å². The van der Waals surface area contributed by atoms with Gasteiger partial charge in [-0.25, -0.2) is 0 Å². The first-order valence-electron chi connectivity index (χ1n) is 6.01. The van der Waals surface area contributed by atoms with E-state index in [0.29, 0.717) is 5.88 Å². The number of aromatic nitrogens is 1. The summed E-state index contributed by atoms with van der Waals surface area (Å²) in [6, 6.07) is 7.46. The van der Waals surface area contributed by atoms with Gasteiger partial charge in [-0.2, -0.15) is 0 Å². The fraction of sp³-hybridized carbons (Fsp3) is 0.286. The van der Waals surface area contributed by atoms with Crippen molar-refractivity contribution >= 4 is 11.8 Å². The number of carbonyl (C=O) groups excluding carboxylic acids is 1. The SMILES string of the molecule is COc1ccc(-c2cnoc2NC(=O)C(C)C)cc1. The summed E-state index contributed by atoms with van der Waals surface area (Å²) in [7, 11) is 1.61. The Kier molecular flexibility index (Phi) is 3.85. The van der Waals surface area contributed by atoms with Crippen LogP contribution in [0, 0.1) is 5.92 Å². The average Bonchev–Trinajstić information content (AvgIpc) is 2.87. The molecule has 2 rings (SSSR count). The number of ether oxygens (including phenoxy) is 1. The van der Waals surface area contributed by atoms with Crippen molar-refractivity contribution in [3.05, 3.63) is 30.5 Å². The summed E-state index contributed by atoms with van der Waals surface area (Å²) >= 11 is 0. The highest BCUT2D eigenvalue weighted by molar-refractivity contribution is 5.94. The summed E-state index contributed by atoms with van der Waals surface area (Å²) in [5.74, 6) is 0.914. The summed E-state index contributed by atoms with van der Waals surface area (Å²) in [6.45, 7) is 3.64. The summed E-state index contributed by atoms with van der Waals surface area (Å²) in [4.78, 5) is 11.7. The zero-order valence-electron chi connectivity index (χ0n) is 11.1. The van der Waals surface area contributed by atoms with Crippen molar-refractivity contribution in [2.45, 2.75) is 13.8 Å². The zero-order valence-corrected chi connectivity index (χ0v) is 11.1. The minimum atomic E-state index is -0.117. The Bertz CT molecular complexity index is 558. The molecule has 19 heavy (non-hydrogen) atoms. The third kappa shape index (κ3) is 2.93. The highest BCUT2D eigenvalue weighted by Crippen LogP contribution is 2.29. The number of amides is 1. The zero-order chi connectivity index (χ0) is 13.8. The Labute approximate surface area is 111 Å². The molecule has 0 saturated carbocycles. The predicted octanol–water partition coefficient (Wildman–Crippen LogP) is 2.94. The van der Waals surface area contributed by atoms with Crippen molar-refractivity contribution < 1.29 is 14.1 Å². The van der Waals surface area contributed by atoms with Crippen LogP contribution in [0.25, 0.3) is 11.1 Å². The van der Waals surface area contributed by atoms with Crippen LogP contribution in [0.5, 0.6) is 5.75 Å². The van der Waals surface area contributed by atoms with E-state index < -0.39 is 0 Å². The fourth-order valence-corrected chi connectivity index (χ4v) is 1.56. The van der Waals surface area contributed by atoms with Gasteiger partial charge in [-0.3, -0.25) is 10.1 Å². The van der Waals surface area contributed by atoms with E-state index in [4.69, 9.17) is 9.26 Å². The molecule has 0 radical (unpaired) electrons. The second-order valence-electron chi connectivity index (χ2n) is 4.44. The van der Waals surface area contributed by atoms with Crippen molar-refractivity contribution in [1.29, 1.82) is 0 Å². The van der Waals surface area contributed by atoms with Gasteiger partial charge in [0.1, 0.15) is 5.75 Å². The second-order valence-corrected chi connectivity index (χ2v) is 4.44. The number of hydrogen-bond acceptors (Lipinski definition) is 4. The van der Waals surface area contributed by atoms with E-state index in [0.717, 1.165) is 16.9 Å². The van der Waals surface area contributed by atoms with Crippen LogP contribution in [0.4, 0.5) is 5.88 Å². The monoisotopic (exact) mass is 260 g/mol. The molecule has 100 valence electrons. The Hall–Kier alpha value is -2.30. The molecule has 0 unspecified atom stereocenters. The molecule has 0 fully saturated rings. The van der Waals surface area contributed by atoms with E-state index in [1.807, 2.05) is 38.1 Å². The second kappa shape index (κ2) is 5.56. The molecule has 0 bridgehead atoms. The number of anilines is 1. The van der Waals surface area contributed by atoms with Crippen LogP contribution in [0.15, 0.2) is 35.0 Å². The van der Waals surface area contributed by atoms with E-state index in [2.05, 4.69) is 10.5 Å². The van der Waals surface area contributed by atoms with Crippen LogP contribution in [0.1, 0.15) is 13.8 Å². The largest absolute Gasteiger partial charge is 0.497 e. The van der Waals surface area contributed by atoms with Crippen molar-refractivity contribution in [1.82, 2.24) is 5.16 Å². The van der Waals surface area contributed by atoms with E-state index in [-0.39, 0.29) is 11.8 Å². The van der Waals surface area contributed by atoms with Crippen LogP contribution >= 0.6 is 0 Å². The minimum Gasteiger partial charge on any atom is -0.497 e. The first kappa shape index (κ1) is 13.1.